The monoisotopic (exact) mass is 268 g/mol. The van der Waals surface area contributed by atoms with Crippen LogP contribution in [0.4, 0.5) is 0 Å². The molecule has 0 aliphatic heterocycles. The van der Waals surface area contributed by atoms with Crippen LogP contribution in [0.5, 0.6) is 0 Å². The summed E-state index contributed by atoms with van der Waals surface area (Å²) in [7, 11) is 2.29. The highest BCUT2D eigenvalue weighted by atomic mass is 15.2. The van der Waals surface area contributed by atoms with Gasteiger partial charge in [-0.05, 0) is 50.0 Å². The van der Waals surface area contributed by atoms with Gasteiger partial charge in [0.05, 0.1) is 0 Å². The zero-order valence-corrected chi connectivity index (χ0v) is 14.5. The molecule has 0 amide bonds. The third kappa shape index (κ3) is 3.72. The summed E-state index contributed by atoms with van der Waals surface area (Å²) in [6.45, 7) is 17.4. The molecule has 2 nitrogen and oxygen atoms in total. The van der Waals surface area contributed by atoms with E-state index < -0.39 is 0 Å². The van der Waals surface area contributed by atoms with Gasteiger partial charge in [-0.2, -0.15) is 0 Å². The normalized spacial score (nSPS) is 26.7. The molecule has 2 N–H and O–H groups in total. The van der Waals surface area contributed by atoms with E-state index in [1.54, 1.807) is 0 Å². The van der Waals surface area contributed by atoms with Gasteiger partial charge in [0.15, 0.2) is 0 Å². The van der Waals surface area contributed by atoms with Gasteiger partial charge in [0.25, 0.3) is 0 Å². The van der Waals surface area contributed by atoms with Crippen LogP contribution in [0.3, 0.4) is 0 Å². The summed E-state index contributed by atoms with van der Waals surface area (Å²) in [6, 6.07) is 0.577. The van der Waals surface area contributed by atoms with E-state index in [0.29, 0.717) is 22.8 Å². The third-order valence-corrected chi connectivity index (χ3v) is 5.28. The summed E-state index contributed by atoms with van der Waals surface area (Å²) >= 11 is 0. The Morgan fingerprint density at radius 3 is 1.68 bits per heavy atom. The maximum Gasteiger partial charge on any atom is 0.0341 e. The molecule has 1 saturated carbocycles. The van der Waals surface area contributed by atoms with Crippen LogP contribution in [0.1, 0.15) is 67.7 Å². The van der Waals surface area contributed by atoms with Gasteiger partial charge in [0.2, 0.25) is 0 Å². The van der Waals surface area contributed by atoms with Gasteiger partial charge in [0.1, 0.15) is 0 Å². The molecular formula is C17H36N2. The second-order valence-electron chi connectivity index (χ2n) is 8.88. The molecule has 0 saturated heterocycles. The molecule has 114 valence electrons. The van der Waals surface area contributed by atoms with Crippen LogP contribution < -0.4 is 5.73 Å². The zero-order valence-electron chi connectivity index (χ0n) is 14.5. The predicted octanol–water partition coefficient (Wildman–Crippen LogP) is 3.90. The molecule has 0 aromatic rings. The van der Waals surface area contributed by atoms with Crippen molar-refractivity contribution in [2.75, 3.05) is 13.6 Å². The topological polar surface area (TPSA) is 29.3 Å². The van der Waals surface area contributed by atoms with Crippen molar-refractivity contribution in [1.82, 2.24) is 4.90 Å². The molecular weight excluding hydrogens is 232 g/mol. The van der Waals surface area contributed by atoms with Crippen molar-refractivity contribution in [3.05, 3.63) is 0 Å². The second-order valence-corrected chi connectivity index (χ2v) is 8.88. The van der Waals surface area contributed by atoms with Crippen molar-refractivity contribution >= 4 is 0 Å². The van der Waals surface area contributed by atoms with Crippen LogP contribution in [-0.4, -0.2) is 30.1 Å². The van der Waals surface area contributed by atoms with Crippen molar-refractivity contribution in [2.45, 2.75) is 79.3 Å². The molecule has 2 heteroatoms. The van der Waals surface area contributed by atoms with Crippen LogP contribution in [0.2, 0.25) is 0 Å². The first-order chi connectivity index (χ1) is 8.45. The minimum Gasteiger partial charge on any atom is -0.329 e. The molecule has 1 unspecified atom stereocenters. The Morgan fingerprint density at radius 1 is 0.947 bits per heavy atom. The number of nitrogens with zero attached hydrogens (tertiary/aromatic N) is 1. The van der Waals surface area contributed by atoms with Gasteiger partial charge in [-0.25, -0.2) is 0 Å². The summed E-state index contributed by atoms with van der Waals surface area (Å²) in [4.78, 5) is 2.58. The Hall–Kier alpha value is -0.0800. The van der Waals surface area contributed by atoms with Crippen molar-refractivity contribution < 1.29 is 0 Å². The number of hydrogen-bond donors (Lipinski definition) is 1. The van der Waals surface area contributed by atoms with Crippen molar-refractivity contribution in [1.29, 1.82) is 0 Å². The summed E-state index contributed by atoms with van der Waals surface area (Å²) in [5.74, 6) is 0.668. The Labute approximate surface area is 121 Å². The van der Waals surface area contributed by atoms with E-state index >= 15 is 0 Å². The standard InChI is InChI=1S/C17H36N2/c1-13(2)14(3)19(8)17(12-18)10-15(4,5)9-16(6,7)11-17/h13-14H,9-12,18H2,1-8H3. The summed E-state index contributed by atoms with van der Waals surface area (Å²) in [6.07, 6.45) is 3.73. The fourth-order valence-corrected chi connectivity index (χ4v) is 4.68. The van der Waals surface area contributed by atoms with E-state index in [1.807, 2.05) is 0 Å². The van der Waals surface area contributed by atoms with Crippen molar-refractivity contribution in [3.63, 3.8) is 0 Å². The number of hydrogen-bond acceptors (Lipinski definition) is 2. The molecule has 1 atom stereocenters. The fraction of sp³-hybridized carbons (Fsp3) is 1.00. The van der Waals surface area contributed by atoms with Gasteiger partial charge < -0.3 is 5.73 Å². The lowest BCUT2D eigenvalue weighted by Gasteiger charge is -2.57. The van der Waals surface area contributed by atoms with Crippen molar-refractivity contribution in [3.8, 4) is 0 Å². The minimum atomic E-state index is 0.162. The largest absolute Gasteiger partial charge is 0.329 e. The summed E-state index contributed by atoms with van der Waals surface area (Å²) in [5, 5.41) is 0. The summed E-state index contributed by atoms with van der Waals surface area (Å²) in [5.41, 5.74) is 7.20. The first-order valence-corrected chi connectivity index (χ1v) is 7.88. The fourth-order valence-electron chi connectivity index (χ4n) is 4.68. The van der Waals surface area contributed by atoms with Gasteiger partial charge in [0, 0.05) is 18.1 Å². The number of nitrogens with two attached hydrogens (primary N) is 1. The predicted molar refractivity (Wildman–Crippen MR) is 85.3 cm³/mol. The first kappa shape index (κ1) is 17.0. The molecule has 0 heterocycles. The minimum absolute atomic E-state index is 0.162. The van der Waals surface area contributed by atoms with Crippen LogP contribution in [0, 0.1) is 16.7 Å². The van der Waals surface area contributed by atoms with E-state index in [4.69, 9.17) is 5.73 Å². The molecule has 0 spiro atoms. The molecule has 1 fully saturated rings. The van der Waals surface area contributed by atoms with Gasteiger partial charge >= 0.3 is 0 Å². The Balaban J connectivity index is 3.08. The molecule has 1 aliphatic carbocycles. The van der Waals surface area contributed by atoms with E-state index in [2.05, 4.69) is 60.4 Å². The Kier molecular flexibility index (Phi) is 4.79. The number of rotatable bonds is 4. The lowest BCUT2D eigenvalue weighted by molar-refractivity contribution is -0.0541. The van der Waals surface area contributed by atoms with Gasteiger partial charge in [-0.1, -0.05) is 41.5 Å². The lowest BCUT2D eigenvalue weighted by atomic mass is 9.57. The van der Waals surface area contributed by atoms with Crippen molar-refractivity contribution in [2.24, 2.45) is 22.5 Å². The van der Waals surface area contributed by atoms with Gasteiger partial charge in [-0.3, -0.25) is 4.90 Å². The van der Waals surface area contributed by atoms with Crippen LogP contribution in [0.25, 0.3) is 0 Å². The highest BCUT2D eigenvalue weighted by Crippen LogP contribution is 2.52. The van der Waals surface area contributed by atoms with Gasteiger partial charge in [-0.15, -0.1) is 0 Å². The van der Waals surface area contributed by atoms with E-state index in [0.717, 1.165) is 6.54 Å². The SMILES string of the molecule is CC(C)C(C)N(C)C1(CN)CC(C)(C)CC(C)(C)C1. The van der Waals surface area contributed by atoms with Crippen LogP contribution in [0.15, 0.2) is 0 Å². The quantitative estimate of drug-likeness (QED) is 0.838. The maximum absolute atomic E-state index is 6.28. The highest BCUT2D eigenvalue weighted by molar-refractivity contribution is 5.04. The average molecular weight is 268 g/mol. The third-order valence-electron chi connectivity index (χ3n) is 5.28. The Morgan fingerprint density at radius 2 is 1.37 bits per heavy atom. The van der Waals surface area contributed by atoms with E-state index in [9.17, 15) is 0 Å². The summed E-state index contributed by atoms with van der Waals surface area (Å²) < 4.78 is 0. The number of likely N-dealkylation sites (N-methyl/N-ethyl adjacent to an activating group) is 1. The molecule has 1 rings (SSSR count). The molecule has 0 radical (unpaired) electrons. The molecule has 1 aliphatic rings. The van der Waals surface area contributed by atoms with Crippen LogP contribution in [-0.2, 0) is 0 Å². The Bertz CT molecular complexity index is 288. The first-order valence-electron chi connectivity index (χ1n) is 7.88. The highest BCUT2D eigenvalue weighted by Gasteiger charge is 2.49. The zero-order chi connectivity index (χ0) is 15.1. The van der Waals surface area contributed by atoms with E-state index in [1.165, 1.54) is 19.3 Å². The lowest BCUT2D eigenvalue weighted by Crippen LogP contribution is -2.62. The molecule has 0 aromatic carbocycles. The molecule has 19 heavy (non-hydrogen) atoms. The maximum atomic E-state index is 6.28. The second kappa shape index (κ2) is 5.37. The molecule has 0 bridgehead atoms. The van der Waals surface area contributed by atoms with E-state index in [-0.39, 0.29) is 5.54 Å². The molecule has 0 aromatic heterocycles. The average Bonchev–Trinajstić information content (AvgIpc) is 2.22. The smallest absolute Gasteiger partial charge is 0.0341 e. The van der Waals surface area contributed by atoms with Crippen LogP contribution >= 0.6 is 0 Å².